The van der Waals surface area contributed by atoms with Crippen LogP contribution in [-0.2, 0) is 5.41 Å². The smallest absolute Gasteiger partial charge is 0.0813 e. The van der Waals surface area contributed by atoms with Crippen LogP contribution in [0.15, 0.2) is 103 Å². The molecule has 5 aliphatic carbocycles. The fourth-order valence-electron chi connectivity index (χ4n) is 10.1. The van der Waals surface area contributed by atoms with Crippen LogP contribution in [0.3, 0.4) is 0 Å². The first-order chi connectivity index (χ1) is 19.2. The van der Waals surface area contributed by atoms with E-state index in [1.165, 1.54) is 81.7 Å². The molecule has 0 radical (unpaired) electrons. The van der Waals surface area contributed by atoms with Gasteiger partial charge in [-0.2, -0.15) is 0 Å². The Balaban J connectivity index is 1.39. The Kier molecular flexibility index (Phi) is 4.56. The van der Waals surface area contributed by atoms with Crippen LogP contribution >= 0.6 is 0 Å². The molecule has 0 aliphatic heterocycles. The van der Waals surface area contributed by atoms with E-state index in [2.05, 4.69) is 111 Å². The van der Waals surface area contributed by atoms with Gasteiger partial charge in [0.15, 0.2) is 0 Å². The van der Waals surface area contributed by atoms with Gasteiger partial charge in [0.2, 0.25) is 0 Å². The van der Waals surface area contributed by atoms with Crippen LogP contribution in [0, 0.1) is 23.7 Å². The standard InChI is InChI=1S/C38H33B/c39-36-16-8-6-12-30(36)27-9-1-2-10-28(27)33-22-35-37(31-13-4-3-11-29(31)33)32-14-5-7-15-34(32)38(35)25-18-23-17-24(20-25)21-26(38)19-23/h1-16,22-26H,17-21,39H2. The highest BCUT2D eigenvalue weighted by Gasteiger charge is 2.61. The minimum atomic E-state index is 0.176. The van der Waals surface area contributed by atoms with Crippen LogP contribution in [0.2, 0.25) is 0 Å². The maximum absolute atomic E-state index is 2.68. The Bertz CT molecular complexity index is 1760. The first-order valence-electron chi connectivity index (χ1n) is 15.0. The van der Waals surface area contributed by atoms with Crippen molar-refractivity contribution in [1.82, 2.24) is 0 Å². The molecule has 1 spiro atoms. The van der Waals surface area contributed by atoms with Crippen molar-refractivity contribution in [3.8, 4) is 33.4 Å². The summed E-state index contributed by atoms with van der Waals surface area (Å²) >= 11 is 0. The SMILES string of the molecule is Bc1ccccc1-c1ccccc1-c1cc2c(c3ccccc13)-c1ccccc1C21C2CC3CC(C2)CC1C3. The summed E-state index contributed by atoms with van der Waals surface area (Å²) in [6.07, 6.45) is 7.17. The first-order valence-corrected chi connectivity index (χ1v) is 15.0. The third kappa shape index (κ3) is 2.86. The summed E-state index contributed by atoms with van der Waals surface area (Å²) in [6.45, 7) is 0. The lowest BCUT2D eigenvalue weighted by atomic mass is 9.43. The van der Waals surface area contributed by atoms with E-state index in [1.54, 1.807) is 11.1 Å². The van der Waals surface area contributed by atoms with Gasteiger partial charge in [0.25, 0.3) is 0 Å². The molecule has 0 N–H and O–H groups in total. The molecular weight excluding hydrogens is 467 g/mol. The summed E-state index contributed by atoms with van der Waals surface area (Å²) in [5, 5.41) is 2.82. The zero-order chi connectivity index (χ0) is 25.7. The van der Waals surface area contributed by atoms with Gasteiger partial charge in [0, 0.05) is 5.41 Å². The van der Waals surface area contributed by atoms with Crippen LogP contribution in [0.5, 0.6) is 0 Å². The Morgan fingerprint density at radius 1 is 0.487 bits per heavy atom. The lowest BCUT2D eigenvalue weighted by Crippen LogP contribution is -2.55. The van der Waals surface area contributed by atoms with Gasteiger partial charge in [-0.15, -0.1) is 0 Å². The molecule has 10 rings (SSSR count). The molecule has 188 valence electrons. The lowest BCUT2D eigenvalue weighted by molar-refractivity contribution is -0.0399. The summed E-state index contributed by atoms with van der Waals surface area (Å²) in [4.78, 5) is 0. The maximum Gasteiger partial charge on any atom is 0.140 e. The molecule has 0 nitrogen and oxygen atoms in total. The molecule has 5 aromatic rings. The van der Waals surface area contributed by atoms with E-state index < -0.39 is 0 Å². The van der Waals surface area contributed by atoms with Crippen molar-refractivity contribution in [2.75, 3.05) is 0 Å². The van der Waals surface area contributed by atoms with E-state index in [9.17, 15) is 0 Å². The van der Waals surface area contributed by atoms with E-state index in [0.29, 0.717) is 0 Å². The average Bonchev–Trinajstić information content (AvgIpc) is 3.26. The highest BCUT2D eigenvalue weighted by atomic mass is 14.6. The van der Waals surface area contributed by atoms with E-state index in [-0.39, 0.29) is 5.41 Å². The van der Waals surface area contributed by atoms with Crippen molar-refractivity contribution in [3.05, 3.63) is 114 Å². The quantitative estimate of drug-likeness (QED) is 0.215. The van der Waals surface area contributed by atoms with Gasteiger partial charge in [0.05, 0.1) is 0 Å². The maximum atomic E-state index is 2.68. The highest BCUT2D eigenvalue weighted by molar-refractivity contribution is 6.36. The minimum Gasteiger partial charge on any atom is -0.0813 e. The Hall–Kier alpha value is -3.58. The topological polar surface area (TPSA) is 0 Å². The molecule has 0 unspecified atom stereocenters. The van der Waals surface area contributed by atoms with Crippen LogP contribution in [0.4, 0.5) is 0 Å². The predicted octanol–water partition coefficient (Wildman–Crippen LogP) is 8.15. The second kappa shape index (κ2) is 7.98. The monoisotopic (exact) mass is 500 g/mol. The van der Waals surface area contributed by atoms with E-state index in [0.717, 1.165) is 23.7 Å². The molecule has 4 saturated carbocycles. The first kappa shape index (κ1) is 22.3. The normalized spacial score (nSPS) is 27.7. The van der Waals surface area contributed by atoms with Gasteiger partial charge in [-0.25, -0.2) is 0 Å². The predicted molar refractivity (Wildman–Crippen MR) is 166 cm³/mol. The summed E-state index contributed by atoms with van der Waals surface area (Å²) < 4.78 is 0. The van der Waals surface area contributed by atoms with Crippen molar-refractivity contribution < 1.29 is 0 Å². The molecule has 39 heavy (non-hydrogen) atoms. The van der Waals surface area contributed by atoms with E-state index in [1.807, 2.05) is 0 Å². The minimum absolute atomic E-state index is 0.176. The summed E-state index contributed by atoms with van der Waals surface area (Å²) in [7, 11) is 2.24. The molecular formula is C38H33B. The molecule has 5 aromatic carbocycles. The van der Waals surface area contributed by atoms with Crippen molar-refractivity contribution in [1.29, 1.82) is 0 Å². The fraction of sp³-hybridized carbons (Fsp3) is 0.263. The third-order valence-corrected chi connectivity index (χ3v) is 11.2. The third-order valence-electron chi connectivity index (χ3n) is 11.2. The second-order valence-electron chi connectivity index (χ2n) is 13.0. The summed E-state index contributed by atoms with van der Waals surface area (Å²) in [6, 6.07) is 39.4. The average molecular weight is 500 g/mol. The molecule has 4 bridgehead atoms. The van der Waals surface area contributed by atoms with Crippen molar-refractivity contribution in [3.63, 3.8) is 0 Å². The highest BCUT2D eigenvalue weighted by Crippen LogP contribution is 2.70. The van der Waals surface area contributed by atoms with Crippen LogP contribution in [0.1, 0.15) is 43.2 Å². The second-order valence-corrected chi connectivity index (χ2v) is 13.0. The number of benzene rings is 5. The molecule has 0 heterocycles. The summed E-state index contributed by atoms with van der Waals surface area (Å²) in [5.41, 5.74) is 13.3. The van der Waals surface area contributed by atoms with Crippen LogP contribution in [0.25, 0.3) is 44.2 Å². The number of rotatable bonds is 2. The number of fused-ring (bicyclic) bond motifs is 5. The Labute approximate surface area is 232 Å². The van der Waals surface area contributed by atoms with Gasteiger partial charge >= 0.3 is 0 Å². The van der Waals surface area contributed by atoms with Gasteiger partial charge in [-0.1, -0.05) is 103 Å². The molecule has 0 atom stereocenters. The fourth-order valence-corrected chi connectivity index (χ4v) is 10.1. The van der Waals surface area contributed by atoms with Gasteiger partial charge in [-0.3, -0.25) is 0 Å². The van der Waals surface area contributed by atoms with Crippen molar-refractivity contribution >= 4 is 24.1 Å². The molecule has 4 fully saturated rings. The van der Waals surface area contributed by atoms with Crippen LogP contribution in [-0.4, -0.2) is 7.85 Å². The zero-order valence-corrected chi connectivity index (χ0v) is 22.7. The number of hydrogen-bond donors (Lipinski definition) is 0. The summed E-state index contributed by atoms with van der Waals surface area (Å²) in [5.74, 6) is 3.46. The largest absolute Gasteiger partial charge is 0.140 e. The number of hydrogen-bond acceptors (Lipinski definition) is 0. The molecule has 5 aliphatic rings. The van der Waals surface area contributed by atoms with Crippen molar-refractivity contribution in [2.24, 2.45) is 23.7 Å². The van der Waals surface area contributed by atoms with Gasteiger partial charge in [-0.05, 0) is 117 Å². The zero-order valence-electron chi connectivity index (χ0n) is 22.7. The van der Waals surface area contributed by atoms with Crippen molar-refractivity contribution in [2.45, 2.75) is 37.5 Å². The molecule has 0 amide bonds. The van der Waals surface area contributed by atoms with Gasteiger partial charge in [0.1, 0.15) is 7.85 Å². The van der Waals surface area contributed by atoms with E-state index >= 15 is 0 Å². The lowest BCUT2D eigenvalue weighted by Gasteiger charge is -2.61. The molecule has 0 saturated heterocycles. The molecule has 1 heteroatoms. The Morgan fingerprint density at radius 2 is 1.03 bits per heavy atom. The van der Waals surface area contributed by atoms with Crippen LogP contribution < -0.4 is 5.46 Å². The van der Waals surface area contributed by atoms with E-state index in [4.69, 9.17) is 0 Å². The van der Waals surface area contributed by atoms with Gasteiger partial charge < -0.3 is 0 Å². The molecule has 0 aromatic heterocycles. The Morgan fingerprint density at radius 3 is 1.72 bits per heavy atom.